The van der Waals surface area contributed by atoms with Crippen molar-refractivity contribution in [2.75, 3.05) is 0 Å². The highest BCUT2D eigenvalue weighted by molar-refractivity contribution is 7.80. The molecule has 0 bridgehead atoms. The van der Waals surface area contributed by atoms with Gasteiger partial charge in [0.2, 0.25) is 0 Å². The summed E-state index contributed by atoms with van der Waals surface area (Å²) >= 11 is 4.86. The van der Waals surface area contributed by atoms with Gasteiger partial charge in [0.25, 0.3) is 0 Å². The summed E-state index contributed by atoms with van der Waals surface area (Å²) in [4.78, 5) is 0. The van der Waals surface area contributed by atoms with Gasteiger partial charge in [0.05, 0.1) is 12.3 Å². The Hall–Kier alpha value is -0.910. The van der Waals surface area contributed by atoms with Crippen molar-refractivity contribution in [1.29, 1.82) is 0 Å². The minimum Gasteiger partial charge on any atom is -0.344 e. The molecule has 0 aliphatic rings. The van der Waals surface area contributed by atoms with Crippen molar-refractivity contribution in [2.45, 2.75) is 12.3 Å². The summed E-state index contributed by atoms with van der Waals surface area (Å²) in [5.74, 6) is 0. The highest BCUT2D eigenvalue weighted by Gasteiger charge is 2.01. The second kappa shape index (κ2) is 5.70. The molecular weight excluding hydrogens is 172 g/mol. The Morgan fingerprint density at radius 2 is 1.50 bits per heavy atom. The molecule has 0 aromatic rings. The molecule has 0 aliphatic heterocycles. The maximum absolute atomic E-state index is 5.47. The normalized spacial score (nSPS) is 14.2. The van der Waals surface area contributed by atoms with Gasteiger partial charge in [-0.15, -0.1) is 0 Å². The van der Waals surface area contributed by atoms with E-state index in [1.165, 1.54) is 12.2 Å². The second-order valence-electron chi connectivity index (χ2n) is 2.14. The van der Waals surface area contributed by atoms with Crippen molar-refractivity contribution < 1.29 is 0 Å². The van der Waals surface area contributed by atoms with Gasteiger partial charge in [-0.05, 0) is 12.2 Å². The topological polar surface area (TPSA) is 76.1 Å². The van der Waals surface area contributed by atoms with Gasteiger partial charge in [-0.1, -0.05) is 25.3 Å². The molecule has 0 saturated heterocycles. The first kappa shape index (κ1) is 11.1. The molecule has 0 fully saturated rings. The highest BCUT2D eigenvalue weighted by Crippen LogP contribution is 1.77. The summed E-state index contributed by atoms with van der Waals surface area (Å²) in [6.45, 7) is 6.97. The molecule has 12 heavy (non-hydrogen) atoms. The van der Waals surface area contributed by atoms with Gasteiger partial charge in [-0.25, -0.2) is 0 Å². The van der Waals surface area contributed by atoms with Crippen molar-refractivity contribution in [1.82, 2.24) is 10.6 Å². The zero-order chi connectivity index (χ0) is 9.56. The van der Waals surface area contributed by atoms with Crippen LogP contribution in [-0.2, 0) is 0 Å². The molecule has 0 spiro atoms. The monoisotopic (exact) mass is 186 g/mol. The van der Waals surface area contributed by atoms with Crippen LogP contribution < -0.4 is 22.1 Å². The maximum Gasteiger partial charge on any atom is 0.169 e. The lowest BCUT2D eigenvalue weighted by Gasteiger charge is -2.15. The lowest BCUT2D eigenvalue weighted by Crippen LogP contribution is -2.50. The fourth-order valence-electron chi connectivity index (χ4n) is 0.462. The van der Waals surface area contributed by atoms with Gasteiger partial charge in [0.1, 0.15) is 0 Å². The molecule has 68 valence electrons. The van der Waals surface area contributed by atoms with Crippen LogP contribution in [0.4, 0.5) is 0 Å². The van der Waals surface area contributed by atoms with Crippen LogP contribution in [0.2, 0.25) is 0 Å². The lowest BCUT2D eigenvalue weighted by atomic mass is 10.5. The van der Waals surface area contributed by atoms with Gasteiger partial charge >= 0.3 is 0 Å². The first-order chi connectivity index (χ1) is 5.60. The molecule has 0 radical (unpaired) electrons. The Morgan fingerprint density at radius 1 is 1.17 bits per heavy atom. The number of rotatable bonds is 4. The Balaban J connectivity index is 3.73. The summed E-state index contributed by atoms with van der Waals surface area (Å²) in [6.07, 6.45) is 2.35. The van der Waals surface area contributed by atoms with Crippen molar-refractivity contribution >= 4 is 17.3 Å². The van der Waals surface area contributed by atoms with Gasteiger partial charge in [-0.3, -0.25) is 0 Å². The molecule has 0 amide bonds. The zero-order valence-electron chi connectivity index (χ0n) is 6.79. The van der Waals surface area contributed by atoms with Crippen LogP contribution in [-0.4, -0.2) is 17.4 Å². The van der Waals surface area contributed by atoms with E-state index >= 15 is 0 Å². The molecule has 0 heterocycles. The summed E-state index contributed by atoms with van der Waals surface area (Å²) in [5.41, 5.74) is 10.9. The third kappa shape index (κ3) is 4.84. The van der Waals surface area contributed by atoms with Crippen molar-refractivity contribution in [3.8, 4) is 0 Å². The number of nitrogens with one attached hydrogen (secondary N) is 2. The lowest BCUT2D eigenvalue weighted by molar-refractivity contribution is 0.706. The van der Waals surface area contributed by atoms with Gasteiger partial charge in [0, 0.05) is 0 Å². The van der Waals surface area contributed by atoms with Crippen LogP contribution in [0.1, 0.15) is 0 Å². The van der Waals surface area contributed by atoms with E-state index in [4.69, 9.17) is 23.7 Å². The van der Waals surface area contributed by atoms with Crippen molar-refractivity contribution in [2.24, 2.45) is 11.5 Å². The Kier molecular flexibility index (Phi) is 5.27. The molecule has 0 aliphatic carbocycles. The van der Waals surface area contributed by atoms with Crippen LogP contribution >= 0.6 is 12.2 Å². The fourth-order valence-corrected chi connectivity index (χ4v) is 0.734. The quantitative estimate of drug-likeness (QED) is 0.268. The number of thiocarbonyl (C=S) groups is 1. The van der Waals surface area contributed by atoms with E-state index in [1.54, 1.807) is 0 Å². The molecule has 4 nitrogen and oxygen atoms in total. The van der Waals surface area contributed by atoms with Gasteiger partial charge in [0.15, 0.2) is 5.11 Å². The average Bonchev–Trinajstić information content (AvgIpc) is 2.03. The third-order valence-corrected chi connectivity index (χ3v) is 1.34. The predicted molar refractivity (Wildman–Crippen MR) is 55.2 cm³/mol. The number of nitrogens with two attached hydrogens (primary N) is 2. The first-order valence-corrected chi connectivity index (χ1v) is 3.84. The number of hydrogen-bond donors (Lipinski definition) is 4. The fraction of sp³-hybridized carbons (Fsp3) is 0.286. The van der Waals surface area contributed by atoms with E-state index < -0.39 is 0 Å². The van der Waals surface area contributed by atoms with E-state index in [9.17, 15) is 0 Å². The molecule has 0 rings (SSSR count). The smallest absolute Gasteiger partial charge is 0.169 e. The Labute approximate surface area is 77.7 Å². The first-order valence-electron chi connectivity index (χ1n) is 3.43. The molecule has 0 saturated carbocycles. The van der Waals surface area contributed by atoms with E-state index in [1.807, 2.05) is 0 Å². The zero-order valence-corrected chi connectivity index (χ0v) is 7.60. The van der Waals surface area contributed by atoms with Gasteiger partial charge < -0.3 is 22.1 Å². The molecule has 2 unspecified atom stereocenters. The standard InChI is InChI=1S/C7H14N4S/c1-3-5(8)10-7(12)11-6(9)4-2/h3-6H,1-2,8-9H2,(H2,10,11,12). The number of hydrogen-bond acceptors (Lipinski definition) is 3. The summed E-state index contributed by atoms with van der Waals surface area (Å²) < 4.78 is 0. The highest BCUT2D eigenvalue weighted by atomic mass is 32.1. The average molecular weight is 186 g/mol. The largest absolute Gasteiger partial charge is 0.344 e. The Bertz CT molecular complexity index is 162. The van der Waals surface area contributed by atoms with E-state index in [0.29, 0.717) is 5.11 Å². The van der Waals surface area contributed by atoms with Crippen LogP contribution in [0.5, 0.6) is 0 Å². The molecule has 6 N–H and O–H groups in total. The summed E-state index contributed by atoms with van der Waals surface area (Å²) in [5, 5.41) is 5.88. The molecule has 0 aromatic heterocycles. The molecular formula is C7H14N4S. The SMILES string of the molecule is C=CC(N)NC(=S)NC(N)C=C. The predicted octanol–water partition coefficient (Wildman–Crippen LogP) is -0.608. The van der Waals surface area contributed by atoms with E-state index in [2.05, 4.69) is 23.8 Å². The van der Waals surface area contributed by atoms with Gasteiger partial charge in [-0.2, -0.15) is 0 Å². The van der Waals surface area contributed by atoms with E-state index in [-0.39, 0.29) is 12.3 Å². The second-order valence-corrected chi connectivity index (χ2v) is 2.55. The van der Waals surface area contributed by atoms with Crippen LogP contribution in [0, 0.1) is 0 Å². The maximum atomic E-state index is 5.47. The Morgan fingerprint density at radius 3 is 1.75 bits per heavy atom. The molecule has 2 atom stereocenters. The van der Waals surface area contributed by atoms with Crippen LogP contribution in [0.15, 0.2) is 25.3 Å². The summed E-state index contributed by atoms with van der Waals surface area (Å²) in [6, 6.07) is 0. The van der Waals surface area contributed by atoms with E-state index in [0.717, 1.165) is 0 Å². The molecule has 5 heteroatoms. The van der Waals surface area contributed by atoms with Crippen molar-refractivity contribution in [3.63, 3.8) is 0 Å². The van der Waals surface area contributed by atoms with Crippen molar-refractivity contribution in [3.05, 3.63) is 25.3 Å². The third-order valence-electron chi connectivity index (χ3n) is 1.10. The minimum atomic E-state index is -0.359. The van der Waals surface area contributed by atoms with Crippen LogP contribution in [0.25, 0.3) is 0 Å². The molecule has 0 aromatic carbocycles. The minimum absolute atomic E-state index is 0.359. The summed E-state index contributed by atoms with van der Waals surface area (Å²) in [7, 11) is 0. The van der Waals surface area contributed by atoms with Crippen LogP contribution in [0.3, 0.4) is 0 Å².